The fourth-order valence-electron chi connectivity index (χ4n) is 2.61. The monoisotopic (exact) mass is 499 g/mol. The molecule has 2 aromatic rings. The summed E-state index contributed by atoms with van der Waals surface area (Å²) >= 11 is 3.51. The highest BCUT2D eigenvalue weighted by Gasteiger charge is 2.18. The molecule has 0 saturated carbocycles. The number of hydrogen-bond acceptors (Lipinski definition) is 6. The summed E-state index contributed by atoms with van der Waals surface area (Å²) in [7, 11) is -2.23. The molecule has 0 aliphatic carbocycles. The van der Waals surface area contributed by atoms with E-state index in [1.165, 1.54) is 19.2 Å². The molecule has 0 aliphatic rings. The van der Waals surface area contributed by atoms with E-state index in [0.717, 1.165) is 10.0 Å². The van der Waals surface area contributed by atoms with Gasteiger partial charge in [-0.25, -0.2) is 13.6 Å². The Morgan fingerprint density at radius 1 is 1.13 bits per heavy atom. The van der Waals surface area contributed by atoms with E-state index in [4.69, 9.17) is 14.6 Å². The standard InChI is InChI=1S/C20H26BrN3O5S/c1-20(2,3)24-18(25)12-29-19-15(16(21)9-10-17(19)28-4)11-23-13-5-7-14(8-6-13)30(22,26)27/h5-10,23H,11-12H2,1-4H3,(H,24,25)(H2,22,26,27). The van der Waals surface area contributed by atoms with Crippen molar-refractivity contribution in [3.05, 3.63) is 46.4 Å². The molecule has 30 heavy (non-hydrogen) atoms. The third-order valence-electron chi connectivity index (χ3n) is 3.90. The van der Waals surface area contributed by atoms with E-state index in [9.17, 15) is 13.2 Å². The number of rotatable bonds is 8. The molecule has 4 N–H and O–H groups in total. The molecule has 0 radical (unpaired) electrons. The Hall–Kier alpha value is -2.30. The Labute approximate surface area is 185 Å². The van der Waals surface area contributed by atoms with Crippen LogP contribution in [0.1, 0.15) is 26.3 Å². The quantitative estimate of drug-likeness (QED) is 0.513. The van der Waals surface area contributed by atoms with Crippen LogP contribution in [0, 0.1) is 0 Å². The smallest absolute Gasteiger partial charge is 0.258 e. The van der Waals surface area contributed by atoms with Gasteiger partial charge in [0.1, 0.15) is 0 Å². The zero-order valence-electron chi connectivity index (χ0n) is 17.3. The second-order valence-corrected chi connectivity index (χ2v) is 9.98. The third kappa shape index (κ3) is 6.89. The van der Waals surface area contributed by atoms with Crippen molar-refractivity contribution in [1.29, 1.82) is 0 Å². The molecule has 0 saturated heterocycles. The molecule has 0 spiro atoms. The molecule has 0 heterocycles. The van der Waals surface area contributed by atoms with Gasteiger partial charge in [0.2, 0.25) is 10.0 Å². The van der Waals surface area contributed by atoms with Crippen LogP contribution < -0.4 is 25.2 Å². The fraction of sp³-hybridized carbons (Fsp3) is 0.350. The Kier molecular flexibility index (Phi) is 7.73. The van der Waals surface area contributed by atoms with E-state index in [-0.39, 0.29) is 22.9 Å². The average Bonchev–Trinajstić information content (AvgIpc) is 2.63. The molecular formula is C20H26BrN3O5S. The first-order valence-electron chi connectivity index (χ1n) is 9.06. The fourth-order valence-corrected chi connectivity index (χ4v) is 3.58. The summed E-state index contributed by atoms with van der Waals surface area (Å²) < 4.78 is 34.7. The first-order valence-corrected chi connectivity index (χ1v) is 11.4. The van der Waals surface area contributed by atoms with Crippen LogP contribution >= 0.6 is 15.9 Å². The molecular weight excluding hydrogens is 474 g/mol. The highest BCUT2D eigenvalue weighted by Crippen LogP contribution is 2.36. The van der Waals surface area contributed by atoms with Crippen molar-refractivity contribution >= 4 is 37.5 Å². The van der Waals surface area contributed by atoms with Crippen LogP contribution in [0.25, 0.3) is 0 Å². The number of carbonyl (C=O) groups excluding carboxylic acids is 1. The summed E-state index contributed by atoms with van der Waals surface area (Å²) in [6, 6.07) is 9.64. The number of amides is 1. The number of nitrogens with one attached hydrogen (secondary N) is 2. The number of anilines is 1. The van der Waals surface area contributed by atoms with Crippen LogP contribution in [0.3, 0.4) is 0 Å². The van der Waals surface area contributed by atoms with Gasteiger partial charge in [0, 0.05) is 27.8 Å². The van der Waals surface area contributed by atoms with Crippen molar-refractivity contribution in [1.82, 2.24) is 5.32 Å². The van der Waals surface area contributed by atoms with E-state index >= 15 is 0 Å². The molecule has 0 unspecified atom stereocenters. The molecule has 10 heteroatoms. The maximum atomic E-state index is 12.2. The topological polar surface area (TPSA) is 120 Å². The van der Waals surface area contributed by atoms with Gasteiger partial charge in [-0.05, 0) is 57.2 Å². The molecule has 1 amide bonds. The Morgan fingerprint density at radius 3 is 2.30 bits per heavy atom. The Balaban J connectivity index is 2.19. The highest BCUT2D eigenvalue weighted by molar-refractivity contribution is 9.10. The first-order chi connectivity index (χ1) is 13.9. The zero-order valence-corrected chi connectivity index (χ0v) is 19.7. The summed E-state index contributed by atoms with van der Waals surface area (Å²) in [4.78, 5) is 12.2. The van der Waals surface area contributed by atoms with Crippen LogP contribution in [0.4, 0.5) is 5.69 Å². The van der Waals surface area contributed by atoms with Crippen LogP contribution in [0.2, 0.25) is 0 Å². The summed E-state index contributed by atoms with van der Waals surface area (Å²) in [6.07, 6.45) is 0. The Bertz CT molecular complexity index is 1000. The number of halogens is 1. The van der Waals surface area contributed by atoms with Crippen LogP contribution in [-0.4, -0.2) is 33.6 Å². The summed E-state index contributed by atoms with van der Waals surface area (Å²) in [5.41, 5.74) is 1.07. The largest absolute Gasteiger partial charge is 0.493 e. The second-order valence-electron chi connectivity index (χ2n) is 7.57. The second kappa shape index (κ2) is 9.67. The summed E-state index contributed by atoms with van der Waals surface area (Å²) in [5, 5.41) is 11.2. The van der Waals surface area contributed by atoms with E-state index in [1.54, 1.807) is 18.2 Å². The van der Waals surface area contributed by atoms with Crippen molar-refractivity contribution in [3.63, 3.8) is 0 Å². The molecule has 164 valence electrons. The number of benzene rings is 2. The predicted octanol–water partition coefficient (Wildman–Crippen LogP) is 3.01. The minimum absolute atomic E-state index is 0.0319. The predicted molar refractivity (Wildman–Crippen MR) is 119 cm³/mol. The van der Waals surface area contributed by atoms with E-state index < -0.39 is 10.0 Å². The average molecular weight is 500 g/mol. The zero-order chi connectivity index (χ0) is 22.5. The van der Waals surface area contributed by atoms with Gasteiger partial charge in [-0.2, -0.15) is 0 Å². The molecule has 0 atom stereocenters. The van der Waals surface area contributed by atoms with Crippen molar-refractivity contribution in [2.45, 2.75) is 37.8 Å². The van der Waals surface area contributed by atoms with E-state index in [0.29, 0.717) is 23.7 Å². The Morgan fingerprint density at radius 2 is 1.77 bits per heavy atom. The van der Waals surface area contributed by atoms with Gasteiger partial charge in [-0.15, -0.1) is 0 Å². The third-order valence-corrected chi connectivity index (χ3v) is 5.57. The molecule has 0 fully saturated rings. The maximum Gasteiger partial charge on any atom is 0.258 e. The minimum atomic E-state index is -3.75. The number of methoxy groups -OCH3 is 1. The van der Waals surface area contributed by atoms with Gasteiger partial charge in [0.05, 0.1) is 12.0 Å². The lowest BCUT2D eigenvalue weighted by molar-refractivity contribution is -0.124. The van der Waals surface area contributed by atoms with Crippen molar-refractivity contribution in [2.75, 3.05) is 19.0 Å². The number of carbonyl (C=O) groups is 1. The normalized spacial score (nSPS) is 11.7. The van der Waals surface area contributed by atoms with Crippen LogP contribution in [0.15, 0.2) is 45.8 Å². The number of hydrogen-bond donors (Lipinski definition) is 3. The van der Waals surface area contributed by atoms with Crippen molar-refractivity contribution < 1.29 is 22.7 Å². The molecule has 0 aromatic heterocycles. The lowest BCUT2D eigenvalue weighted by Gasteiger charge is -2.22. The van der Waals surface area contributed by atoms with Gasteiger partial charge in [0.25, 0.3) is 5.91 Å². The first kappa shape index (κ1) is 24.0. The van der Waals surface area contributed by atoms with Gasteiger partial charge in [-0.3, -0.25) is 4.79 Å². The summed E-state index contributed by atoms with van der Waals surface area (Å²) in [5.74, 6) is 0.676. The molecule has 8 nitrogen and oxygen atoms in total. The SMILES string of the molecule is COc1ccc(Br)c(CNc2ccc(S(N)(=O)=O)cc2)c1OCC(=O)NC(C)(C)C. The lowest BCUT2D eigenvalue weighted by Crippen LogP contribution is -2.43. The molecule has 0 aliphatic heterocycles. The van der Waals surface area contributed by atoms with Crippen LogP contribution in [-0.2, 0) is 21.4 Å². The minimum Gasteiger partial charge on any atom is -0.493 e. The lowest BCUT2D eigenvalue weighted by atomic mass is 10.1. The van der Waals surface area contributed by atoms with Crippen molar-refractivity contribution in [2.24, 2.45) is 5.14 Å². The number of ether oxygens (including phenoxy) is 2. The van der Waals surface area contributed by atoms with Gasteiger partial charge in [-0.1, -0.05) is 15.9 Å². The highest BCUT2D eigenvalue weighted by atomic mass is 79.9. The van der Waals surface area contributed by atoms with Crippen LogP contribution in [0.5, 0.6) is 11.5 Å². The van der Waals surface area contributed by atoms with Gasteiger partial charge in [0.15, 0.2) is 18.1 Å². The van der Waals surface area contributed by atoms with Gasteiger partial charge >= 0.3 is 0 Å². The number of nitrogens with two attached hydrogens (primary N) is 1. The molecule has 2 aromatic carbocycles. The number of sulfonamides is 1. The molecule has 2 rings (SSSR count). The molecule has 0 bridgehead atoms. The van der Waals surface area contributed by atoms with E-state index in [1.807, 2.05) is 26.8 Å². The van der Waals surface area contributed by atoms with E-state index in [2.05, 4.69) is 26.6 Å². The van der Waals surface area contributed by atoms with Gasteiger partial charge < -0.3 is 20.1 Å². The summed E-state index contributed by atoms with van der Waals surface area (Å²) in [6.45, 7) is 5.84. The van der Waals surface area contributed by atoms with Crippen molar-refractivity contribution in [3.8, 4) is 11.5 Å². The maximum absolute atomic E-state index is 12.2. The number of primary sulfonamides is 1.